The Hall–Kier alpha value is -2.00. The van der Waals surface area contributed by atoms with Crippen molar-refractivity contribution >= 4 is 62.3 Å². The number of anilines is 1. The van der Waals surface area contributed by atoms with Crippen LogP contribution in [0.5, 0.6) is 0 Å². The predicted octanol–water partition coefficient (Wildman–Crippen LogP) is 4.91. The molecule has 2 rings (SSSR count). The van der Waals surface area contributed by atoms with E-state index in [1.54, 1.807) is 50.2 Å². The van der Waals surface area contributed by atoms with Gasteiger partial charge in [-0.25, -0.2) is 8.42 Å². The first kappa shape index (κ1) is 29.2. The second-order valence-electron chi connectivity index (χ2n) is 8.69. The average Bonchev–Trinajstić information content (AvgIpc) is 2.76. The van der Waals surface area contributed by atoms with Crippen LogP contribution in [0.15, 0.2) is 36.4 Å². The molecule has 0 aromatic heterocycles. The van der Waals surface area contributed by atoms with Gasteiger partial charge >= 0.3 is 0 Å². The quantitative estimate of drug-likeness (QED) is 0.446. The van der Waals surface area contributed by atoms with Gasteiger partial charge in [0.1, 0.15) is 12.6 Å². The van der Waals surface area contributed by atoms with Crippen LogP contribution in [0, 0.1) is 12.8 Å². The molecule has 2 aromatic rings. The summed E-state index contributed by atoms with van der Waals surface area (Å²) >= 11 is 18.9. The number of sulfonamides is 1. The predicted molar refractivity (Wildman–Crippen MR) is 143 cm³/mol. The SMILES string of the molecule is Cc1c(Cl)cccc1N(CC(=O)N(Cc1c(Cl)cccc1Cl)[C@H](C)C(=O)NCC(C)C)S(C)(=O)=O. The molecule has 0 spiro atoms. The third-order valence-electron chi connectivity index (χ3n) is 5.43. The van der Waals surface area contributed by atoms with Crippen LogP contribution in [0.3, 0.4) is 0 Å². The summed E-state index contributed by atoms with van der Waals surface area (Å²) in [5.41, 5.74) is 1.24. The van der Waals surface area contributed by atoms with E-state index in [1.807, 2.05) is 13.8 Å². The van der Waals surface area contributed by atoms with Gasteiger partial charge in [-0.2, -0.15) is 0 Å². The van der Waals surface area contributed by atoms with E-state index in [1.165, 1.54) is 4.90 Å². The summed E-state index contributed by atoms with van der Waals surface area (Å²) in [6.07, 6.45) is 1.01. The van der Waals surface area contributed by atoms with Gasteiger partial charge in [-0.05, 0) is 49.6 Å². The molecule has 1 N–H and O–H groups in total. The Morgan fingerprint density at radius 1 is 0.971 bits per heavy atom. The highest BCUT2D eigenvalue weighted by molar-refractivity contribution is 7.92. The van der Waals surface area contributed by atoms with Crippen molar-refractivity contribution in [2.24, 2.45) is 5.92 Å². The number of nitrogens with zero attached hydrogens (tertiary/aromatic N) is 2. The van der Waals surface area contributed by atoms with Gasteiger partial charge in [-0.3, -0.25) is 13.9 Å². The maximum atomic E-state index is 13.6. The van der Waals surface area contributed by atoms with Crippen molar-refractivity contribution in [3.8, 4) is 0 Å². The molecule has 0 radical (unpaired) electrons. The number of carbonyl (C=O) groups is 2. The Morgan fingerprint density at radius 2 is 1.51 bits per heavy atom. The van der Waals surface area contributed by atoms with Crippen LogP contribution in [0.25, 0.3) is 0 Å². The molecule has 1 atom stereocenters. The number of benzene rings is 2. The van der Waals surface area contributed by atoms with Crippen LogP contribution in [-0.2, 0) is 26.2 Å². The summed E-state index contributed by atoms with van der Waals surface area (Å²) in [5.74, 6) is -0.766. The summed E-state index contributed by atoms with van der Waals surface area (Å²) in [6, 6.07) is 8.83. The van der Waals surface area contributed by atoms with E-state index in [4.69, 9.17) is 34.8 Å². The minimum Gasteiger partial charge on any atom is -0.354 e. The fourth-order valence-corrected chi connectivity index (χ4v) is 4.94. The lowest BCUT2D eigenvalue weighted by molar-refractivity contribution is -0.139. The summed E-state index contributed by atoms with van der Waals surface area (Å²) in [6.45, 7) is 6.96. The first-order valence-electron chi connectivity index (χ1n) is 11.0. The van der Waals surface area contributed by atoms with E-state index in [9.17, 15) is 18.0 Å². The van der Waals surface area contributed by atoms with Crippen molar-refractivity contribution in [3.63, 3.8) is 0 Å². The van der Waals surface area contributed by atoms with Crippen LogP contribution in [-0.4, -0.2) is 50.5 Å². The number of rotatable bonds is 10. The lowest BCUT2D eigenvalue weighted by atomic mass is 10.1. The van der Waals surface area contributed by atoms with Gasteiger partial charge in [0.2, 0.25) is 21.8 Å². The number of nitrogens with one attached hydrogen (secondary N) is 1. The van der Waals surface area contributed by atoms with Crippen molar-refractivity contribution in [2.45, 2.75) is 40.3 Å². The molecule has 0 unspecified atom stereocenters. The van der Waals surface area contributed by atoms with Crippen LogP contribution in [0.4, 0.5) is 5.69 Å². The van der Waals surface area contributed by atoms with Crippen LogP contribution >= 0.6 is 34.8 Å². The Labute approximate surface area is 222 Å². The highest BCUT2D eigenvalue weighted by atomic mass is 35.5. The Balaban J connectivity index is 2.47. The van der Waals surface area contributed by atoms with Crippen molar-refractivity contribution in [2.75, 3.05) is 23.7 Å². The average molecular weight is 563 g/mol. The minimum atomic E-state index is -3.87. The molecule has 0 fully saturated rings. The molecule has 2 amide bonds. The number of carbonyl (C=O) groups excluding carboxylic acids is 2. The van der Waals surface area contributed by atoms with E-state index in [-0.39, 0.29) is 24.1 Å². The van der Waals surface area contributed by atoms with Crippen molar-refractivity contribution in [1.29, 1.82) is 0 Å². The molecule has 192 valence electrons. The van der Waals surface area contributed by atoms with Gasteiger partial charge in [0.05, 0.1) is 11.9 Å². The number of halogens is 3. The minimum absolute atomic E-state index is 0.0836. The first-order valence-corrected chi connectivity index (χ1v) is 13.9. The highest BCUT2D eigenvalue weighted by Gasteiger charge is 2.31. The normalized spacial score (nSPS) is 12.4. The zero-order chi connectivity index (χ0) is 26.5. The van der Waals surface area contributed by atoms with Gasteiger partial charge in [-0.1, -0.05) is 60.8 Å². The first-order chi connectivity index (χ1) is 16.2. The number of amides is 2. The second-order valence-corrected chi connectivity index (χ2v) is 11.8. The fraction of sp³-hybridized carbons (Fsp3) is 0.417. The molecule has 0 aliphatic carbocycles. The molecule has 11 heteroatoms. The van der Waals surface area contributed by atoms with Gasteiger partial charge in [-0.15, -0.1) is 0 Å². The molecule has 0 saturated heterocycles. The third kappa shape index (κ3) is 7.74. The van der Waals surface area contributed by atoms with Gasteiger partial charge < -0.3 is 10.2 Å². The second kappa shape index (κ2) is 12.3. The largest absolute Gasteiger partial charge is 0.354 e. The van der Waals surface area contributed by atoms with Crippen LogP contribution in [0.1, 0.15) is 31.9 Å². The van der Waals surface area contributed by atoms with E-state index < -0.39 is 28.5 Å². The fourth-order valence-electron chi connectivity index (χ4n) is 3.35. The lowest BCUT2D eigenvalue weighted by Gasteiger charge is -2.32. The third-order valence-corrected chi connectivity index (χ3v) is 7.67. The summed E-state index contributed by atoms with van der Waals surface area (Å²) in [5, 5.41) is 3.84. The van der Waals surface area contributed by atoms with Crippen molar-refractivity contribution in [1.82, 2.24) is 10.2 Å². The smallest absolute Gasteiger partial charge is 0.244 e. The molecular formula is C24H30Cl3N3O4S. The van der Waals surface area contributed by atoms with Gasteiger partial charge in [0.25, 0.3) is 0 Å². The van der Waals surface area contributed by atoms with Gasteiger partial charge in [0, 0.05) is 33.7 Å². The lowest BCUT2D eigenvalue weighted by Crippen LogP contribution is -2.51. The molecular weight excluding hydrogens is 533 g/mol. The molecule has 2 aromatic carbocycles. The topological polar surface area (TPSA) is 86.8 Å². The van der Waals surface area contributed by atoms with Crippen LogP contribution in [0.2, 0.25) is 15.1 Å². The molecule has 0 aliphatic heterocycles. The van der Waals surface area contributed by atoms with E-state index in [2.05, 4.69) is 5.32 Å². The highest BCUT2D eigenvalue weighted by Crippen LogP contribution is 2.30. The Morgan fingerprint density at radius 3 is 2.06 bits per heavy atom. The summed E-state index contributed by atoms with van der Waals surface area (Å²) in [7, 11) is -3.87. The van der Waals surface area contributed by atoms with Gasteiger partial charge in [0.15, 0.2) is 0 Å². The summed E-state index contributed by atoms with van der Waals surface area (Å²) < 4.78 is 26.4. The van der Waals surface area contributed by atoms with Crippen molar-refractivity contribution < 1.29 is 18.0 Å². The van der Waals surface area contributed by atoms with Crippen LogP contribution < -0.4 is 9.62 Å². The zero-order valence-corrected chi connectivity index (χ0v) is 23.4. The Kier molecular flexibility index (Phi) is 10.3. The molecule has 0 heterocycles. The van der Waals surface area contributed by atoms with E-state index >= 15 is 0 Å². The molecule has 35 heavy (non-hydrogen) atoms. The maximum absolute atomic E-state index is 13.6. The monoisotopic (exact) mass is 561 g/mol. The molecule has 0 saturated carbocycles. The van der Waals surface area contributed by atoms with Crippen molar-refractivity contribution in [3.05, 3.63) is 62.6 Å². The maximum Gasteiger partial charge on any atom is 0.244 e. The summed E-state index contributed by atoms with van der Waals surface area (Å²) in [4.78, 5) is 27.8. The van der Waals surface area contributed by atoms with E-state index in [0.29, 0.717) is 32.7 Å². The molecule has 0 aliphatic rings. The molecule has 7 nitrogen and oxygen atoms in total. The van der Waals surface area contributed by atoms with E-state index in [0.717, 1.165) is 10.6 Å². The molecule has 0 bridgehead atoms. The number of hydrogen-bond acceptors (Lipinski definition) is 4. The standard InChI is InChI=1S/C24H30Cl3N3O4S/c1-15(2)12-28-24(32)17(4)29(13-18-20(26)9-6-10-21(18)27)23(31)14-30(35(5,33)34)22-11-7-8-19(25)16(22)3/h6-11,15,17H,12-14H2,1-5H3,(H,28,32)/t17-/m1/s1. The zero-order valence-electron chi connectivity index (χ0n) is 20.3. The number of hydrogen-bond donors (Lipinski definition) is 1. The Bertz CT molecular complexity index is 1170.